The topological polar surface area (TPSA) is 102 Å². The lowest BCUT2D eigenvalue weighted by atomic mass is 10.0. The summed E-state index contributed by atoms with van der Waals surface area (Å²) in [4.78, 5) is 25.6. The normalized spacial score (nSPS) is 17.1. The van der Waals surface area contributed by atoms with Gasteiger partial charge < -0.3 is 15.2 Å². The standard InChI is InChI=1S/C32H55N5O3/c1-2-3-4-5-6-7-8-9-10-11-12-13-14-15-16-17-18-19-20-21-28(39)36-31-30-32(34-25-33-31)37(26-35-30)29-23-22-27(24-38)40-29/h25-27,29,38H,2-24H2,1H3,(H,33,34,36,39)/t27-,29+/m0/s1. The summed E-state index contributed by atoms with van der Waals surface area (Å²) in [5.74, 6) is 0.419. The second-order valence-electron chi connectivity index (χ2n) is 11.7. The SMILES string of the molecule is CCCCCCCCCCCCCCCCCCCCCC(=O)Nc1ncnc2c1ncn2[C@H]1CC[C@@H](CO)O1. The lowest BCUT2D eigenvalue weighted by Crippen LogP contribution is -2.15. The minimum atomic E-state index is -0.204. The quantitative estimate of drug-likeness (QED) is 0.133. The molecule has 3 rings (SSSR count). The number of nitrogens with zero attached hydrogens (tertiary/aromatic N) is 4. The lowest BCUT2D eigenvalue weighted by Gasteiger charge is -2.13. The summed E-state index contributed by atoms with van der Waals surface area (Å²) in [6.07, 6.45) is 30.4. The number of rotatable bonds is 23. The van der Waals surface area contributed by atoms with Crippen LogP contribution in [0.1, 0.15) is 154 Å². The Morgan fingerprint density at radius 2 is 1.38 bits per heavy atom. The van der Waals surface area contributed by atoms with Crippen LogP contribution in [0, 0.1) is 0 Å². The van der Waals surface area contributed by atoms with Crippen LogP contribution in [0.15, 0.2) is 12.7 Å². The van der Waals surface area contributed by atoms with Crippen molar-refractivity contribution in [2.24, 2.45) is 0 Å². The zero-order valence-electron chi connectivity index (χ0n) is 25.1. The Morgan fingerprint density at radius 3 is 1.90 bits per heavy atom. The lowest BCUT2D eigenvalue weighted by molar-refractivity contribution is -0.116. The molecule has 0 aromatic carbocycles. The molecule has 2 aromatic heterocycles. The van der Waals surface area contributed by atoms with Gasteiger partial charge in [0.25, 0.3) is 0 Å². The van der Waals surface area contributed by atoms with Crippen LogP contribution in [0.5, 0.6) is 0 Å². The molecule has 3 heterocycles. The Morgan fingerprint density at radius 1 is 0.825 bits per heavy atom. The van der Waals surface area contributed by atoms with Crippen molar-refractivity contribution in [3.05, 3.63) is 12.7 Å². The zero-order valence-corrected chi connectivity index (χ0v) is 25.1. The Labute approximate surface area is 242 Å². The zero-order chi connectivity index (χ0) is 28.3. The molecule has 0 spiro atoms. The summed E-state index contributed by atoms with van der Waals surface area (Å²) >= 11 is 0. The Balaban J connectivity index is 1.15. The summed E-state index contributed by atoms with van der Waals surface area (Å²) < 4.78 is 7.72. The fraction of sp³-hybridized carbons (Fsp3) is 0.812. The molecule has 0 bridgehead atoms. The number of carbonyl (C=O) groups is 1. The average molecular weight is 558 g/mol. The summed E-state index contributed by atoms with van der Waals surface area (Å²) in [6.45, 7) is 2.30. The molecule has 0 unspecified atom stereocenters. The number of unbranched alkanes of at least 4 members (excludes halogenated alkanes) is 18. The molecule has 1 fully saturated rings. The smallest absolute Gasteiger partial charge is 0.225 e. The van der Waals surface area contributed by atoms with E-state index in [4.69, 9.17) is 4.74 Å². The van der Waals surface area contributed by atoms with Crippen LogP contribution < -0.4 is 5.32 Å². The molecule has 1 aliphatic rings. The summed E-state index contributed by atoms with van der Waals surface area (Å²) in [6, 6.07) is 0. The molecule has 40 heavy (non-hydrogen) atoms. The molecule has 0 aliphatic carbocycles. The van der Waals surface area contributed by atoms with Crippen LogP contribution in [0.2, 0.25) is 0 Å². The molecule has 2 aromatic rings. The van der Waals surface area contributed by atoms with Gasteiger partial charge in [0.15, 0.2) is 17.0 Å². The third-order valence-corrected chi connectivity index (χ3v) is 8.22. The van der Waals surface area contributed by atoms with Gasteiger partial charge in [-0.05, 0) is 19.3 Å². The fourth-order valence-electron chi connectivity index (χ4n) is 5.74. The monoisotopic (exact) mass is 557 g/mol. The molecule has 226 valence electrons. The number of imidazole rings is 1. The van der Waals surface area contributed by atoms with Crippen molar-refractivity contribution in [3.8, 4) is 0 Å². The summed E-state index contributed by atoms with van der Waals surface area (Å²) in [5, 5.41) is 12.3. The van der Waals surface area contributed by atoms with E-state index in [2.05, 4.69) is 27.2 Å². The molecule has 8 nitrogen and oxygen atoms in total. The second kappa shape index (κ2) is 19.9. The van der Waals surface area contributed by atoms with Crippen molar-refractivity contribution >= 4 is 22.9 Å². The maximum Gasteiger partial charge on any atom is 0.225 e. The molecule has 1 saturated heterocycles. The van der Waals surface area contributed by atoms with Gasteiger partial charge in [-0.25, -0.2) is 15.0 Å². The van der Waals surface area contributed by atoms with Gasteiger partial charge in [0.05, 0.1) is 19.0 Å². The van der Waals surface area contributed by atoms with Crippen molar-refractivity contribution in [2.75, 3.05) is 11.9 Å². The molecular weight excluding hydrogens is 502 g/mol. The molecule has 2 N–H and O–H groups in total. The van der Waals surface area contributed by atoms with Crippen LogP contribution in [0.4, 0.5) is 5.82 Å². The maximum absolute atomic E-state index is 12.5. The van der Waals surface area contributed by atoms with E-state index in [-0.39, 0.29) is 24.8 Å². The van der Waals surface area contributed by atoms with Crippen LogP contribution >= 0.6 is 0 Å². The highest BCUT2D eigenvalue weighted by atomic mass is 16.5. The highest BCUT2D eigenvalue weighted by Crippen LogP contribution is 2.31. The van der Waals surface area contributed by atoms with E-state index in [1.807, 2.05) is 4.57 Å². The van der Waals surface area contributed by atoms with Gasteiger partial charge in [0, 0.05) is 6.42 Å². The first-order chi connectivity index (χ1) is 19.7. The molecule has 8 heteroatoms. The largest absolute Gasteiger partial charge is 0.394 e. The van der Waals surface area contributed by atoms with Gasteiger partial charge in [0.1, 0.15) is 12.6 Å². The van der Waals surface area contributed by atoms with E-state index in [0.717, 1.165) is 25.7 Å². The number of aliphatic hydroxyl groups is 1. The van der Waals surface area contributed by atoms with E-state index < -0.39 is 0 Å². The van der Waals surface area contributed by atoms with Crippen LogP contribution in [-0.4, -0.2) is 43.2 Å². The minimum absolute atomic E-state index is 0.0128. The summed E-state index contributed by atoms with van der Waals surface area (Å²) in [7, 11) is 0. The molecular formula is C32H55N5O3. The average Bonchev–Trinajstić information content (AvgIpc) is 3.62. The van der Waals surface area contributed by atoms with Crippen molar-refractivity contribution < 1.29 is 14.6 Å². The molecule has 0 radical (unpaired) electrons. The van der Waals surface area contributed by atoms with E-state index in [9.17, 15) is 9.90 Å². The molecule has 1 aliphatic heterocycles. The number of hydrogen-bond donors (Lipinski definition) is 2. The summed E-state index contributed by atoms with van der Waals surface area (Å²) in [5.41, 5.74) is 1.21. The maximum atomic E-state index is 12.5. The Hall–Kier alpha value is -2.06. The van der Waals surface area contributed by atoms with Gasteiger partial charge in [-0.15, -0.1) is 0 Å². The van der Waals surface area contributed by atoms with E-state index in [1.54, 1.807) is 6.33 Å². The first-order valence-electron chi connectivity index (χ1n) is 16.5. The first kappa shape index (κ1) is 32.5. The third-order valence-electron chi connectivity index (χ3n) is 8.22. The predicted octanol–water partition coefficient (Wildman–Crippen LogP) is 8.26. The van der Waals surface area contributed by atoms with Gasteiger partial charge in [0.2, 0.25) is 5.91 Å². The highest BCUT2D eigenvalue weighted by Gasteiger charge is 2.28. The van der Waals surface area contributed by atoms with Gasteiger partial charge in [-0.1, -0.05) is 122 Å². The molecule has 1 amide bonds. The van der Waals surface area contributed by atoms with Crippen molar-refractivity contribution in [1.29, 1.82) is 0 Å². The van der Waals surface area contributed by atoms with E-state index >= 15 is 0 Å². The van der Waals surface area contributed by atoms with Crippen LogP contribution in [0.25, 0.3) is 11.2 Å². The molecule has 2 atom stereocenters. The van der Waals surface area contributed by atoms with Crippen LogP contribution in [-0.2, 0) is 9.53 Å². The second-order valence-corrected chi connectivity index (χ2v) is 11.7. The number of aromatic nitrogens is 4. The van der Waals surface area contributed by atoms with E-state index in [1.165, 1.54) is 115 Å². The highest BCUT2D eigenvalue weighted by molar-refractivity contribution is 5.96. The van der Waals surface area contributed by atoms with Gasteiger partial charge in [-0.3, -0.25) is 9.36 Å². The number of hydrogen-bond acceptors (Lipinski definition) is 6. The Kier molecular flexibility index (Phi) is 16.2. The van der Waals surface area contributed by atoms with Crippen molar-refractivity contribution in [3.63, 3.8) is 0 Å². The number of fused-ring (bicyclic) bond motifs is 1. The number of nitrogens with one attached hydrogen (secondary N) is 1. The van der Waals surface area contributed by atoms with E-state index in [0.29, 0.717) is 23.4 Å². The Bertz CT molecular complexity index is 950. The number of aliphatic hydroxyl groups excluding tert-OH is 1. The van der Waals surface area contributed by atoms with Crippen molar-refractivity contribution in [2.45, 2.75) is 161 Å². The number of amides is 1. The predicted molar refractivity (Wildman–Crippen MR) is 162 cm³/mol. The number of ether oxygens (including phenoxy) is 1. The fourth-order valence-corrected chi connectivity index (χ4v) is 5.74. The third kappa shape index (κ3) is 11.8. The number of anilines is 1. The van der Waals surface area contributed by atoms with Gasteiger partial charge in [-0.2, -0.15) is 0 Å². The number of carbonyl (C=O) groups excluding carboxylic acids is 1. The minimum Gasteiger partial charge on any atom is -0.394 e. The first-order valence-corrected chi connectivity index (χ1v) is 16.5. The van der Waals surface area contributed by atoms with Crippen molar-refractivity contribution in [1.82, 2.24) is 19.5 Å². The van der Waals surface area contributed by atoms with Gasteiger partial charge >= 0.3 is 0 Å². The van der Waals surface area contributed by atoms with Crippen LogP contribution in [0.3, 0.4) is 0 Å². The molecule has 0 saturated carbocycles.